The molecule has 0 unspecified atom stereocenters. The van der Waals surface area contributed by atoms with Crippen LogP contribution in [0.25, 0.3) is 5.69 Å². The fraction of sp³-hybridized carbons (Fsp3) is 0.250. The summed E-state index contributed by atoms with van der Waals surface area (Å²) >= 11 is 0. The minimum Gasteiger partial charge on any atom is -0.477 e. The van der Waals surface area contributed by atoms with Crippen molar-refractivity contribution in [1.82, 2.24) is 19.9 Å². The van der Waals surface area contributed by atoms with E-state index in [1.807, 2.05) is 6.07 Å². The maximum atomic E-state index is 12.4. The summed E-state index contributed by atoms with van der Waals surface area (Å²) in [7, 11) is 0. The predicted molar refractivity (Wildman–Crippen MR) is 104 cm³/mol. The van der Waals surface area contributed by atoms with Crippen molar-refractivity contribution in [2.75, 3.05) is 6.61 Å². The maximum Gasteiger partial charge on any atom is 0.294 e. The molecule has 0 bridgehead atoms. The highest BCUT2D eigenvalue weighted by Gasteiger charge is 2.22. The Hall–Kier alpha value is -3.75. The van der Waals surface area contributed by atoms with Gasteiger partial charge in [-0.1, -0.05) is 6.07 Å². The predicted octanol–water partition coefficient (Wildman–Crippen LogP) is 2.89. The number of nitrogens with zero attached hydrogens (tertiary/aromatic N) is 4. The zero-order valence-electron chi connectivity index (χ0n) is 15.5. The van der Waals surface area contributed by atoms with E-state index in [9.17, 15) is 14.9 Å². The van der Waals surface area contributed by atoms with Crippen molar-refractivity contribution in [1.29, 1.82) is 0 Å². The van der Waals surface area contributed by atoms with E-state index < -0.39 is 10.8 Å². The van der Waals surface area contributed by atoms with E-state index in [1.54, 1.807) is 24.5 Å². The molecule has 9 nitrogen and oxygen atoms in total. The molecule has 1 saturated carbocycles. The zero-order chi connectivity index (χ0) is 20.2. The molecular weight excluding hydrogens is 374 g/mol. The normalized spacial score (nSPS) is 13.1. The van der Waals surface area contributed by atoms with Crippen molar-refractivity contribution in [2.24, 2.45) is 5.92 Å². The molecule has 1 aromatic carbocycles. The Labute approximate surface area is 166 Å². The fourth-order valence-electron chi connectivity index (χ4n) is 2.80. The van der Waals surface area contributed by atoms with Gasteiger partial charge in [0, 0.05) is 42.8 Å². The minimum atomic E-state index is -0.517. The van der Waals surface area contributed by atoms with E-state index in [0.29, 0.717) is 24.1 Å². The highest BCUT2D eigenvalue weighted by molar-refractivity contribution is 5.95. The van der Waals surface area contributed by atoms with Crippen molar-refractivity contribution in [3.05, 3.63) is 76.5 Å². The van der Waals surface area contributed by atoms with Crippen LogP contribution in [-0.4, -0.2) is 32.0 Å². The molecule has 0 radical (unpaired) electrons. The molecule has 1 aliphatic rings. The molecule has 0 spiro atoms. The van der Waals surface area contributed by atoms with Gasteiger partial charge >= 0.3 is 0 Å². The number of nitro groups is 1. The molecule has 0 saturated heterocycles. The first-order valence-corrected chi connectivity index (χ1v) is 9.23. The number of carbonyl (C=O) groups is 1. The number of ether oxygens (including phenoxy) is 1. The second-order valence-electron chi connectivity index (χ2n) is 6.87. The SMILES string of the molecule is O=C(NCc1ccc(OCC2CC2)nc1)c1ccc(-n2ccnc2)c([N+](=O)[O-])c1. The van der Waals surface area contributed by atoms with Crippen molar-refractivity contribution >= 4 is 11.6 Å². The lowest BCUT2D eigenvalue weighted by Gasteiger charge is -2.09. The first kappa shape index (κ1) is 18.6. The lowest BCUT2D eigenvalue weighted by Crippen LogP contribution is -2.23. The van der Waals surface area contributed by atoms with Crippen LogP contribution in [0, 0.1) is 16.0 Å². The summed E-state index contributed by atoms with van der Waals surface area (Å²) < 4.78 is 7.11. The van der Waals surface area contributed by atoms with E-state index >= 15 is 0 Å². The van der Waals surface area contributed by atoms with E-state index in [-0.39, 0.29) is 17.8 Å². The van der Waals surface area contributed by atoms with Crippen LogP contribution < -0.4 is 10.1 Å². The summed E-state index contributed by atoms with van der Waals surface area (Å²) in [5, 5.41) is 14.2. The number of pyridine rings is 1. The van der Waals surface area contributed by atoms with Gasteiger partial charge in [0.25, 0.3) is 11.6 Å². The van der Waals surface area contributed by atoms with Gasteiger partial charge in [0.2, 0.25) is 5.88 Å². The van der Waals surface area contributed by atoms with Crippen molar-refractivity contribution in [2.45, 2.75) is 19.4 Å². The molecular formula is C20H19N5O4. The van der Waals surface area contributed by atoms with Gasteiger partial charge in [-0.15, -0.1) is 0 Å². The van der Waals surface area contributed by atoms with Gasteiger partial charge in [0.1, 0.15) is 5.69 Å². The van der Waals surface area contributed by atoms with E-state index in [0.717, 1.165) is 5.56 Å². The average molecular weight is 393 g/mol. The molecule has 9 heteroatoms. The summed E-state index contributed by atoms with van der Waals surface area (Å²) in [6.45, 7) is 0.947. The van der Waals surface area contributed by atoms with Crippen LogP contribution in [0.4, 0.5) is 5.69 Å². The lowest BCUT2D eigenvalue weighted by molar-refractivity contribution is -0.384. The summed E-state index contributed by atoms with van der Waals surface area (Å²) in [5.74, 6) is 0.817. The smallest absolute Gasteiger partial charge is 0.294 e. The number of benzene rings is 1. The average Bonchev–Trinajstić information content (AvgIpc) is 3.41. The van der Waals surface area contributed by atoms with Gasteiger partial charge in [-0.2, -0.15) is 0 Å². The van der Waals surface area contributed by atoms with Crippen LogP contribution in [0.1, 0.15) is 28.8 Å². The lowest BCUT2D eigenvalue weighted by atomic mass is 10.1. The molecule has 0 aliphatic heterocycles. The quantitative estimate of drug-likeness (QED) is 0.465. The molecule has 4 rings (SSSR count). The van der Waals surface area contributed by atoms with Gasteiger partial charge in [-0.3, -0.25) is 14.9 Å². The van der Waals surface area contributed by atoms with Crippen molar-refractivity contribution in [3.63, 3.8) is 0 Å². The summed E-state index contributed by atoms with van der Waals surface area (Å²) in [4.78, 5) is 31.5. The third kappa shape index (κ3) is 4.57. The third-order valence-corrected chi connectivity index (χ3v) is 4.63. The van der Waals surface area contributed by atoms with Crippen LogP contribution in [0.2, 0.25) is 0 Å². The largest absolute Gasteiger partial charge is 0.477 e. The molecule has 1 amide bonds. The van der Waals surface area contributed by atoms with Crippen molar-refractivity contribution in [3.8, 4) is 11.6 Å². The Bertz CT molecular complexity index is 1010. The van der Waals surface area contributed by atoms with Crippen molar-refractivity contribution < 1.29 is 14.5 Å². The van der Waals surface area contributed by atoms with Gasteiger partial charge in [0.05, 0.1) is 17.9 Å². The number of nitrogens with one attached hydrogen (secondary N) is 1. The van der Waals surface area contributed by atoms with Gasteiger partial charge in [-0.25, -0.2) is 9.97 Å². The Balaban J connectivity index is 1.40. The second-order valence-corrected chi connectivity index (χ2v) is 6.87. The molecule has 1 N–H and O–H groups in total. The number of amides is 1. The molecule has 3 aromatic rings. The number of aromatic nitrogens is 3. The summed E-state index contributed by atoms with van der Waals surface area (Å²) in [6, 6.07) is 7.94. The van der Waals surface area contributed by atoms with Crippen LogP contribution in [0.15, 0.2) is 55.2 Å². The number of imidazole rings is 1. The Kier molecular flexibility index (Phi) is 5.19. The molecule has 1 fully saturated rings. The summed E-state index contributed by atoms with van der Waals surface area (Å²) in [6.07, 6.45) is 8.67. The molecule has 29 heavy (non-hydrogen) atoms. The molecule has 0 atom stereocenters. The van der Waals surface area contributed by atoms with E-state index in [2.05, 4.69) is 15.3 Å². The fourth-order valence-corrected chi connectivity index (χ4v) is 2.80. The standard InChI is InChI=1S/C20H19N5O4/c26-20(23-11-15-3-6-19(22-10-15)29-12-14-1-2-14)16-4-5-17(18(9-16)25(27)28)24-8-7-21-13-24/h3-10,13-14H,1-2,11-12H2,(H,23,26). The van der Waals surface area contributed by atoms with E-state index in [4.69, 9.17) is 4.74 Å². The Morgan fingerprint density at radius 2 is 2.17 bits per heavy atom. The Morgan fingerprint density at radius 3 is 2.83 bits per heavy atom. The van der Waals surface area contributed by atoms with Crippen LogP contribution in [-0.2, 0) is 6.54 Å². The van der Waals surface area contributed by atoms with E-state index in [1.165, 1.54) is 42.1 Å². The molecule has 1 aliphatic carbocycles. The highest BCUT2D eigenvalue weighted by atomic mass is 16.6. The first-order valence-electron chi connectivity index (χ1n) is 9.23. The molecule has 2 heterocycles. The molecule has 148 valence electrons. The van der Waals surface area contributed by atoms with Crippen LogP contribution >= 0.6 is 0 Å². The van der Waals surface area contributed by atoms with Gasteiger partial charge in [-0.05, 0) is 36.5 Å². The Morgan fingerprint density at radius 1 is 1.31 bits per heavy atom. The highest BCUT2D eigenvalue weighted by Crippen LogP contribution is 2.29. The number of hydrogen-bond donors (Lipinski definition) is 1. The number of rotatable bonds is 8. The topological polar surface area (TPSA) is 112 Å². The minimum absolute atomic E-state index is 0.172. The second kappa shape index (κ2) is 8.09. The monoisotopic (exact) mass is 393 g/mol. The van der Waals surface area contributed by atoms with Gasteiger partial charge < -0.3 is 14.6 Å². The molecule has 2 aromatic heterocycles. The van der Waals surface area contributed by atoms with Crippen LogP contribution in [0.5, 0.6) is 5.88 Å². The van der Waals surface area contributed by atoms with Crippen LogP contribution in [0.3, 0.4) is 0 Å². The maximum absolute atomic E-state index is 12.4. The zero-order valence-corrected chi connectivity index (χ0v) is 15.5. The number of nitro benzene ring substituents is 1. The first-order chi connectivity index (χ1) is 14.1. The van der Waals surface area contributed by atoms with Gasteiger partial charge in [0.15, 0.2) is 0 Å². The third-order valence-electron chi connectivity index (χ3n) is 4.63. The summed E-state index contributed by atoms with van der Waals surface area (Å²) in [5.41, 5.74) is 1.18. The number of hydrogen-bond acceptors (Lipinski definition) is 6. The number of carbonyl (C=O) groups excluding carboxylic acids is 1.